The van der Waals surface area contributed by atoms with Gasteiger partial charge in [0.05, 0.1) is 16.6 Å². The van der Waals surface area contributed by atoms with Crippen LogP contribution >= 0.6 is 0 Å². The van der Waals surface area contributed by atoms with Crippen LogP contribution in [0.2, 0.25) is 0 Å². The maximum absolute atomic E-state index is 10.8. The second-order valence-electron chi connectivity index (χ2n) is 3.36. The lowest BCUT2D eigenvalue weighted by Crippen LogP contribution is -2.09. The Kier molecular flexibility index (Phi) is 3.76. The normalized spacial score (nSPS) is 12.5. The number of aliphatic hydroxyl groups is 1. The smallest absolute Gasteiger partial charge is 0.278 e. The monoisotopic (exact) mass is 210 g/mol. The highest BCUT2D eigenvalue weighted by Gasteiger charge is 2.21. The summed E-state index contributed by atoms with van der Waals surface area (Å²) >= 11 is 0. The van der Waals surface area contributed by atoms with Crippen molar-refractivity contribution in [3.8, 4) is 0 Å². The van der Waals surface area contributed by atoms with E-state index in [-0.39, 0.29) is 5.69 Å². The first-order valence-corrected chi connectivity index (χ1v) is 4.70. The molecule has 1 atom stereocenters. The van der Waals surface area contributed by atoms with Gasteiger partial charge in [-0.2, -0.15) is 0 Å². The predicted molar refractivity (Wildman–Crippen MR) is 56.5 cm³/mol. The molecule has 0 aliphatic carbocycles. The predicted octanol–water partition coefficient (Wildman–Crippen LogP) is 1.29. The number of nitro groups is 1. The first kappa shape index (κ1) is 11.6. The molecule has 0 saturated heterocycles. The van der Waals surface area contributed by atoms with E-state index < -0.39 is 11.0 Å². The molecule has 0 amide bonds. The van der Waals surface area contributed by atoms with Gasteiger partial charge in [-0.05, 0) is 26.0 Å². The van der Waals surface area contributed by atoms with Crippen LogP contribution < -0.4 is 5.73 Å². The molecule has 0 fully saturated rings. The highest BCUT2D eigenvalue weighted by atomic mass is 16.6. The fourth-order valence-corrected chi connectivity index (χ4v) is 1.51. The summed E-state index contributed by atoms with van der Waals surface area (Å²) in [7, 11) is 0. The Morgan fingerprint density at radius 1 is 1.60 bits per heavy atom. The van der Waals surface area contributed by atoms with Gasteiger partial charge in [-0.15, -0.1) is 0 Å². The first-order valence-electron chi connectivity index (χ1n) is 4.70. The van der Waals surface area contributed by atoms with Gasteiger partial charge in [0.25, 0.3) is 5.69 Å². The number of para-hydroxylation sites is 1. The van der Waals surface area contributed by atoms with Crippen LogP contribution in [0.4, 0.5) is 5.69 Å². The van der Waals surface area contributed by atoms with E-state index in [9.17, 15) is 15.2 Å². The highest BCUT2D eigenvalue weighted by Crippen LogP contribution is 2.29. The third-order valence-electron chi connectivity index (χ3n) is 2.25. The van der Waals surface area contributed by atoms with Crippen LogP contribution in [0.25, 0.3) is 0 Å². The van der Waals surface area contributed by atoms with Gasteiger partial charge in [0.1, 0.15) is 0 Å². The molecule has 5 nitrogen and oxygen atoms in total. The molecular formula is C10H14N2O3. The number of nitro benzene ring substituents is 1. The number of hydrogen-bond donors (Lipinski definition) is 2. The Hall–Kier alpha value is -1.46. The van der Waals surface area contributed by atoms with Gasteiger partial charge in [-0.3, -0.25) is 10.1 Å². The van der Waals surface area contributed by atoms with E-state index in [2.05, 4.69) is 0 Å². The summed E-state index contributed by atoms with van der Waals surface area (Å²) in [6.45, 7) is 1.95. The maximum atomic E-state index is 10.8. The SMILES string of the molecule is Cc1cccc(C(O)CCN)c1[N+](=O)[O-]. The molecule has 0 radical (unpaired) electrons. The zero-order chi connectivity index (χ0) is 11.4. The average molecular weight is 210 g/mol. The van der Waals surface area contributed by atoms with E-state index in [0.717, 1.165) is 0 Å². The summed E-state index contributed by atoms with van der Waals surface area (Å²) in [4.78, 5) is 10.3. The van der Waals surface area contributed by atoms with Gasteiger partial charge < -0.3 is 10.8 Å². The Labute approximate surface area is 87.7 Å². The van der Waals surface area contributed by atoms with E-state index in [0.29, 0.717) is 24.1 Å². The van der Waals surface area contributed by atoms with Crippen molar-refractivity contribution in [2.45, 2.75) is 19.4 Å². The number of nitrogens with two attached hydrogens (primary N) is 1. The number of nitrogens with zero attached hydrogens (tertiary/aromatic N) is 1. The summed E-state index contributed by atoms with van der Waals surface area (Å²) < 4.78 is 0. The first-order chi connectivity index (χ1) is 7.07. The van der Waals surface area contributed by atoms with E-state index in [1.165, 1.54) is 0 Å². The van der Waals surface area contributed by atoms with Gasteiger partial charge in [0.15, 0.2) is 0 Å². The van der Waals surface area contributed by atoms with Gasteiger partial charge >= 0.3 is 0 Å². The Bertz CT molecular complexity index is 366. The molecule has 0 spiro atoms. The zero-order valence-electron chi connectivity index (χ0n) is 8.51. The standard InChI is InChI=1S/C10H14N2O3/c1-7-3-2-4-8(9(13)5-6-11)10(7)12(14)15/h2-4,9,13H,5-6,11H2,1H3. The Morgan fingerprint density at radius 2 is 2.27 bits per heavy atom. The molecule has 0 heterocycles. The fourth-order valence-electron chi connectivity index (χ4n) is 1.51. The van der Waals surface area contributed by atoms with Gasteiger partial charge in [-0.1, -0.05) is 12.1 Å². The molecule has 82 valence electrons. The summed E-state index contributed by atoms with van der Waals surface area (Å²) in [5, 5.41) is 20.5. The molecule has 1 aromatic carbocycles. The van der Waals surface area contributed by atoms with Crippen molar-refractivity contribution in [3.63, 3.8) is 0 Å². The number of aliphatic hydroxyl groups excluding tert-OH is 1. The van der Waals surface area contributed by atoms with E-state index in [1.54, 1.807) is 25.1 Å². The molecule has 0 aromatic heterocycles. The molecule has 1 unspecified atom stereocenters. The Balaban J connectivity index is 3.16. The molecule has 0 saturated carbocycles. The Morgan fingerprint density at radius 3 is 2.80 bits per heavy atom. The molecule has 0 aliphatic heterocycles. The van der Waals surface area contributed by atoms with Crippen LogP contribution in [0.15, 0.2) is 18.2 Å². The van der Waals surface area contributed by atoms with Gasteiger partial charge in [0.2, 0.25) is 0 Å². The quantitative estimate of drug-likeness (QED) is 0.578. The van der Waals surface area contributed by atoms with Crippen molar-refractivity contribution in [2.24, 2.45) is 5.73 Å². The molecule has 0 bridgehead atoms. The summed E-state index contributed by atoms with van der Waals surface area (Å²) in [5.74, 6) is 0. The number of hydrogen-bond acceptors (Lipinski definition) is 4. The largest absolute Gasteiger partial charge is 0.388 e. The zero-order valence-corrected chi connectivity index (χ0v) is 8.51. The van der Waals surface area contributed by atoms with E-state index >= 15 is 0 Å². The third-order valence-corrected chi connectivity index (χ3v) is 2.25. The van der Waals surface area contributed by atoms with Crippen molar-refractivity contribution in [2.75, 3.05) is 6.54 Å². The summed E-state index contributed by atoms with van der Waals surface area (Å²) in [6.07, 6.45) is -0.542. The van der Waals surface area contributed by atoms with Crippen molar-refractivity contribution in [1.82, 2.24) is 0 Å². The lowest BCUT2D eigenvalue weighted by atomic mass is 10.0. The summed E-state index contributed by atoms with van der Waals surface area (Å²) in [6, 6.07) is 4.90. The summed E-state index contributed by atoms with van der Waals surface area (Å²) in [5.41, 5.74) is 6.17. The van der Waals surface area contributed by atoms with Crippen LogP contribution in [0.3, 0.4) is 0 Å². The van der Waals surface area contributed by atoms with E-state index in [1.807, 2.05) is 0 Å². The number of rotatable bonds is 4. The van der Waals surface area contributed by atoms with E-state index in [4.69, 9.17) is 5.73 Å². The minimum absolute atomic E-state index is 0.0153. The molecule has 0 aliphatic rings. The van der Waals surface area contributed by atoms with Crippen LogP contribution in [-0.4, -0.2) is 16.6 Å². The molecular weight excluding hydrogens is 196 g/mol. The van der Waals surface area contributed by atoms with Crippen molar-refractivity contribution >= 4 is 5.69 Å². The average Bonchev–Trinajstić information content (AvgIpc) is 2.17. The molecule has 3 N–H and O–H groups in total. The van der Waals surface area contributed by atoms with Crippen LogP contribution in [-0.2, 0) is 0 Å². The van der Waals surface area contributed by atoms with Crippen molar-refractivity contribution < 1.29 is 10.0 Å². The minimum atomic E-state index is -0.865. The van der Waals surface area contributed by atoms with Crippen LogP contribution in [0.5, 0.6) is 0 Å². The van der Waals surface area contributed by atoms with Crippen LogP contribution in [0.1, 0.15) is 23.7 Å². The lowest BCUT2D eigenvalue weighted by Gasteiger charge is -2.10. The van der Waals surface area contributed by atoms with Gasteiger partial charge in [0, 0.05) is 5.56 Å². The van der Waals surface area contributed by atoms with Crippen LogP contribution in [0, 0.1) is 17.0 Å². The molecule has 15 heavy (non-hydrogen) atoms. The second kappa shape index (κ2) is 4.86. The highest BCUT2D eigenvalue weighted by molar-refractivity contribution is 5.48. The van der Waals surface area contributed by atoms with Crippen molar-refractivity contribution in [1.29, 1.82) is 0 Å². The van der Waals surface area contributed by atoms with Gasteiger partial charge in [-0.25, -0.2) is 0 Å². The number of benzene rings is 1. The fraction of sp³-hybridized carbons (Fsp3) is 0.400. The molecule has 1 aromatic rings. The third kappa shape index (κ3) is 2.51. The lowest BCUT2D eigenvalue weighted by molar-refractivity contribution is -0.386. The molecule has 1 rings (SSSR count). The number of aryl methyl sites for hydroxylation is 1. The molecule has 5 heteroatoms. The van der Waals surface area contributed by atoms with Crippen molar-refractivity contribution in [3.05, 3.63) is 39.4 Å². The minimum Gasteiger partial charge on any atom is -0.388 e. The topological polar surface area (TPSA) is 89.4 Å². The maximum Gasteiger partial charge on any atom is 0.278 e. The second-order valence-corrected chi connectivity index (χ2v) is 3.36.